The summed E-state index contributed by atoms with van der Waals surface area (Å²) in [5, 5.41) is 2.95. The number of aryl methyl sites for hydroxylation is 1. The number of rotatable bonds is 6. The van der Waals surface area contributed by atoms with Crippen molar-refractivity contribution in [2.24, 2.45) is 0 Å². The van der Waals surface area contributed by atoms with Gasteiger partial charge in [0.2, 0.25) is 5.91 Å². The van der Waals surface area contributed by atoms with Crippen LogP contribution in [0.5, 0.6) is 0 Å². The molecule has 0 atom stereocenters. The highest BCUT2D eigenvalue weighted by Crippen LogP contribution is 2.28. The maximum atomic E-state index is 12.7. The summed E-state index contributed by atoms with van der Waals surface area (Å²) in [5.74, 6) is -0.140. The number of thiophene rings is 1. The van der Waals surface area contributed by atoms with Gasteiger partial charge < -0.3 is 15.1 Å². The van der Waals surface area contributed by atoms with Crippen molar-refractivity contribution in [2.45, 2.75) is 30.4 Å². The molecule has 3 heterocycles. The lowest BCUT2D eigenvalue weighted by atomic mass is 10.1. The van der Waals surface area contributed by atoms with E-state index < -0.39 is 10.0 Å². The number of nitrogens with zero attached hydrogens (tertiary/aromatic N) is 3. The lowest BCUT2D eigenvalue weighted by Crippen LogP contribution is -2.44. The monoisotopic (exact) mass is 462 g/mol. The highest BCUT2D eigenvalue weighted by Gasteiger charge is 2.28. The number of hydrogen-bond donors (Lipinski definition) is 1. The number of piperazine rings is 1. The van der Waals surface area contributed by atoms with Crippen molar-refractivity contribution >= 4 is 38.6 Å². The molecule has 31 heavy (non-hydrogen) atoms. The normalized spacial score (nSPS) is 18.5. The number of likely N-dealkylation sites (N-methyl/N-ethyl adjacent to an activating group) is 1. The zero-order valence-corrected chi connectivity index (χ0v) is 19.8. The minimum absolute atomic E-state index is 0.140. The summed E-state index contributed by atoms with van der Waals surface area (Å²) < 4.78 is 27.2. The second-order valence-electron chi connectivity index (χ2n) is 8.35. The van der Waals surface area contributed by atoms with Crippen LogP contribution < -0.4 is 10.2 Å². The number of benzene rings is 1. The van der Waals surface area contributed by atoms with Crippen molar-refractivity contribution in [3.8, 4) is 0 Å². The predicted molar refractivity (Wildman–Crippen MR) is 126 cm³/mol. The molecule has 4 rings (SSSR count). The molecule has 0 saturated carbocycles. The molecular formula is C22H30N4O3S2. The molecule has 0 radical (unpaired) electrons. The van der Waals surface area contributed by atoms with E-state index in [4.69, 9.17) is 0 Å². The minimum Gasteiger partial charge on any atom is -0.369 e. The van der Waals surface area contributed by atoms with E-state index in [2.05, 4.69) is 35.2 Å². The molecule has 2 aliphatic rings. The van der Waals surface area contributed by atoms with Crippen molar-refractivity contribution in [3.63, 3.8) is 0 Å². The van der Waals surface area contributed by atoms with Gasteiger partial charge in [0, 0.05) is 55.5 Å². The zero-order valence-electron chi connectivity index (χ0n) is 18.1. The molecule has 2 saturated heterocycles. The van der Waals surface area contributed by atoms with Gasteiger partial charge in [-0.3, -0.25) is 4.79 Å². The fourth-order valence-corrected chi connectivity index (χ4v) is 7.17. The first-order chi connectivity index (χ1) is 14.8. The van der Waals surface area contributed by atoms with Crippen molar-refractivity contribution in [2.75, 3.05) is 56.5 Å². The summed E-state index contributed by atoms with van der Waals surface area (Å²) in [4.78, 5) is 18.0. The van der Waals surface area contributed by atoms with Crippen LogP contribution in [0.3, 0.4) is 0 Å². The third-order valence-electron chi connectivity index (χ3n) is 5.96. The number of anilines is 2. The summed E-state index contributed by atoms with van der Waals surface area (Å²) in [6.45, 7) is 7.34. The first-order valence-electron chi connectivity index (χ1n) is 10.8. The lowest BCUT2D eigenvalue weighted by molar-refractivity contribution is -0.115. The minimum atomic E-state index is -3.42. The largest absolute Gasteiger partial charge is 0.369 e. The van der Waals surface area contributed by atoms with Gasteiger partial charge in [-0.15, -0.1) is 11.3 Å². The van der Waals surface area contributed by atoms with Gasteiger partial charge in [0.1, 0.15) is 4.21 Å². The number of sulfonamides is 1. The van der Waals surface area contributed by atoms with E-state index >= 15 is 0 Å². The summed E-state index contributed by atoms with van der Waals surface area (Å²) in [7, 11) is -1.28. The Hall–Kier alpha value is -1.94. The second-order valence-corrected chi connectivity index (χ2v) is 11.7. The molecule has 9 heteroatoms. The molecule has 0 bridgehead atoms. The Labute approximate surface area is 188 Å². The summed E-state index contributed by atoms with van der Waals surface area (Å²) in [6.07, 6.45) is 1.99. The maximum absolute atomic E-state index is 12.7. The van der Waals surface area contributed by atoms with E-state index in [1.165, 1.54) is 21.3 Å². The summed E-state index contributed by atoms with van der Waals surface area (Å²) >= 11 is 1.19. The van der Waals surface area contributed by atoms with Gasteiger partial charge in [0.05, 0.1) is 6.42 Å². The SMILES string of the molecule is Cc1cc(NC(=O)Cc2ccc(S(=O)(=O)N3CCCC3)s2)ccc1N1CCN(C)CC1. The van der Waals surface area contributed by atoms with Gasteiger partial charge in [-0.1, -0.05) is 0 Å². The number of carbonyl (C=O) groups is 1. The average Bonchev–Trinajstić information content (AvgIpc) is 3.42. The predicted octanol–water partition coefficient (Wildman–Crippen LogP) is 2.77. The molecular weight excluding hydrogens is 432 g/mol. The van der Waals surface area contributed by atoms with Crippen LogP contribution in [0.4, 0.5) is 11.4 Å². The molecule has 0 spiro atoms. The Morgan fingerprint density at radius 1 is 1.03 bits per heavy atom. The molecule has 2 aliphatic heterocycles. The van der Waals surface area contributed by atoms with Crippen LogP contribution in [-0.2, 0) is 21.2 Å². The van der Waals surface area contributed by atoms with Crippen LogP contribution in [0, 0.1) is 6.92 Å². The maximum Gasteiger partial charge on any atom is 0.252 e. The molecule has 0 aliphatic carbocycles. The molecule has 2 aromatic rings. The molecule has 7 nitrogen and oxygen atoms in total. The summed E-state index contributed by atoms with van der Waals surface area (Å²) in [5.41, 5.74) is 3.11. The molecule has 168 valence electrons. The number of carbonyl (C=O) groups excluding carboxylic acids is 1. The highest BCUT2D eigenvalue weighted by atomic mass is 32.2. The van der Waals surface area contributed by atoms with Gasteiger partial charge in [-0.05, 0) is 62.7 Å². The Morgan fingerprint density at radius 3 is 2.42 bits per heavy atom. The van der Waals surface area contributed by atoms with E-state index in [0.717, 1.165) is 55.1 Å². The van der Waals surface area contributed by atoms with Gasteiger partial charge >= 0.3 is 0 Å². The third-order valence-corrected chi connectivity index (χ3v) is 9.41. The standard InChI is InChI=1S/C22H30N4O3S2/c1-17-15-18(5-7-20(17)25-13-11-24(2)12-14-25)23-21(27)16-19-6-8-22(30-19)31(28,29)26-9-3-4-10-26/h5-8,15H,3-4,9-14,16H2,1-2H3,(H,23,27). The van der Waals surface area contributed by atoms with Crippen LogP contribution in [0.2, 0.25) is 0 Å². The molecule has 1 N–H and O–H groups in total. The molecule has 2 fully saturated rings. The fraction of sp³-hybridized carbons (Fsp3) is 0.500. The first kappa shape index (κ1) is 22.3. The van der Waals surface area contributed by atoms with Crippen LogP contribution in [-0.4, -0.2) is 69.8 Å². The van der Waals surface area contributed by atoms with Gasteiger partial charge in [0.25, 0.3) is 10.0 Å². The van der Waals surface area contributed by atoms with E-state index in [0.29, 0.717) is 17.3 Å². The van der Waals surface area contributed by atoms with Crippen LogP contribution in [0.15, 0.2) is 34.5 Å². The summed E-state index contributed by atoms with van der Waals surface area (Å²) in [6, 6.07) is 9.38. The molecule has 1 amide bonds. The van der Waals surface area contributed by atoms with Gasteiger partial charge in [0.15, 0.2) is 0 Å². The Morgan fingerprint density at radius 2 is 1.74 bits per heavy atom. The van der Waals surface area contributed by atoms with Crippen LogP contribution in [0.1, 0.15) is 23.3 Å². The van der Waals surface area contributed by atoms with E-state index in [1.54, 1.807) is 12.1 Å². The zero-order chi connectivity index (χ0) is 22.0. The van der Waals surface area contributed by atoms with Crippen molar-refractivity contribution in [3.05, 3.63) is 40.8 Å². The Kier molecular flexibility index (Phi) is 6.66. The third kappa shape index (κ3) is 5.11. The van der Waals surface area contributed by atoms with Crippen LogP contribution >= 0.6 is 11.3 Å². The van der Waals surface area contributed by atoms with E-state index in [1.807, 2.05) is 12.1 Å². The molecule has 1 aromatic heterocycles. The quantitative estimate of drug-likeness (QED) is 0.715. The lowest BCUT2D eigenvalue weighted by Gasteiger charge is -2.35. The topological polar surface area (TPSA) is 73.0 Å². The smallest absolute Gasteiger partial charge is 0.252 e. The van der Waals surface area contributed by atoms with E-state index in [9.17, 15) is 13.2 Å². The van der Waals surface area contributed by atoms with Crippen molar-refractivity contribution in [1.29, 1.82) is 0 Å². The number of nitrogens with one attached hydrogen (secondary N) is 1. The Balaban J connectivity index is 1.37. The average molecular weight is 463 g/mol. The Bertz CT molecular complexity index is 1040. The number of hydrogen-bond acceptors (Lipinski definition) is 6. The van der Waals surface area contributed by atoms with Gasteiger partial charge in [-0.2, -0.15) is 4.31 Å². The van der Waals surface area contributed by atoms with Crippen molar-refractivity contribution in [1.82, 2.24) is 9.21 Å². The molecule has 0 unspecified atom stereocenters. The number of amides is 1. The van der Waals surface area contributed by atoms with Crippen molar-refractivity contribution < 1.29 is 13.2 Å². The second kappa shape index (κ2) is 9.28. The van der Waals surface area contributed by atoms with E-state index in [-0.39, 0.29) is 12.3 Å². The highest BCUT2D eigenvalue weighted by molar-refractivity contribution is 7.91. The van der Waals surface area contributed by atoms with Gasteiger partial charge in [-0.25, -0.2) is 8.42 Å². The fourth-order valence-electron chi connectivity index (χ4n) is 4.15. The first-order valence-corrected chi connectivity index (χ1v) is 13.0. The van der Waals surface area contributed by atoms with Crippen LogP contribution in [0.25, 0.3) is 0 Å². The molecule has 1 aromatic carbocycles.